The number of allylic oxidation sites excluding steroid dienone is 4. The van der Waals surface area contributed by atoms with Gasteiger partial charge in [0.1, 0.15) is 0 Å². The van der Waals surface area contributed by atoms with Gasteiger partial charge >= 0.3 is 6.18 Å². The number of halogens is 3. The zero-order valence-corrected chi connectivity index (χ0v) is 14.7. The lowest BCUT2D eigenvalue weighted by Crippen LogP contribution is -2.33. The summed E-state index contributed by atoms with van der Waals surface area (Å²) in [6.07, 6.45) is -0.670. The minimum atomic E-state index is -4.26. The summed E-state index contributed by atoms with van der Waals surface area (Å²) in [5.74, 6) is -2.14. The van der Waals surface area contributed by atoms with Gasteiger partial charge < -0.3 is 0 Å². The zero-order chi connectivity index (χ0) is 17.5. The fourth-order valence-electron chi connectivity index (χ4n) is 3.52. The quantitative estimate of drug-likeness (QED) is 0.589. The van der Waals surface area contributed by atoms with Crippen LogP contribution in [0.1, 0.15) is 48.9 Å². The molecule has 0 N–H and O–H groups in total. The lowest BCUT2D eigenvalue weighted by molar-refractivity contribution is -0.161. The Hall–Kier alpha value is -1.51. The molecule has 3 heteroatoms. The minimum absolute atomic E-state index is 0.118. The van der Waals surface area contributed by atoms with Gasteiger partial charge in [0.05, 0.1) is 5.92 Å². The molecule has 0 spiro atoms. The van der Waals surface area contributed by atoms with Crippen molar-refractivity contribution in [2.24, 2.45) is 11.8 Å². The molecule has 0 heterocycles. The van der Waals surface area contributed by atoms with Gasteiger partial charge in [0.25, 0.3) is 0 Å². The number of hydrogen-bond acceptors (Lipinski definition) is 0. The highest BCUT2D eigenvalue weighted by Crippen LogP contribution is 2.48. The van der Waals surface area contributed by atoms with Crippen LogP contribution in [0.3, 0.4) is 0 Å². The van der Waals surface area contributed by atoms with Crippen LogP contribution in [0.25, 0.3) is 0 Å². The van der Waals surface area contributed by atoms with E-state index in [-0.39, 0.29) is 5.92 Å². The van der Waals surface area contributed by atoms with Gasteiger partial charge in [-0.3, -0.25) is 0 Å². The van der Waals surface area contributed by atoms with E-state index in [2.05, 4.69) is 0 Å². The molecular weight excluding hydrogens is 297 g/mol. The average Bonchev–Trinajstić information content (AvgIpc) is 2.46. The molecule has 0 saturated carbocycles. The van der Waals surface area contributed by atoms with Gasteiger partial charge in [0, 0.05) is 0 Å². The molecule has 1 aliphatic rings. The highest BCUT2D eigenvalue weighted by atomic mass is 19.4. The van der Waals surface area contributed by atoms with E-state index in [1.165, 1.54) is 0 Å². The fourth-order valence-corrected chi connectivity index (χ4v) is 3.52. The Bertz CT molecular complexity index is 662. The highest BCUT2D eigenvalue weighted by Gasteiger charge is 2.47. The predicted molar refractivity (Wildman–Crippen MR) is 89.6 cm³/mol. The van der Waals surface area contributed by atoms with Crippen LogP contribution in [0.4, 0.5) is 13.2 Å². The SMILES string of the molecule is CC1=C(C)C(C)C(C(c2ccc(C)c(C)c2C)C(F)(F)F)C=C1. The van der Waals surface area contributed by atoms with Crippen molar-refractivity contribution in [3.63, 3.8) is 0 Å². The second-order valence-corrected chi connectivity index (χ2v) is 6.83. The molecule has 23 heavy (non-hydrogen) atoms. The maximum atomic E-state index is 14.0. The lowest BCUT2D eigenvalue weighted by Gasteiger charge is -2.36. The van der Waals surface area contributed by atoms with Crippen molar-refractivity contribution < 1.29 is 13.2 Å². The van der Waals surface area contributed by atoms with Crippen LogP contribution in [0.15, 0.2) is 35.4 Å². The average molecular weight is 322 g/mol. The largest absolute Gasteiger partial charge is 0.396 e. The molecule has 2 rings (SSSR count). The molecule has 1 aromatic carbocycles. The molecule has 0 saturated heterocycles. The molecule has 1 aromatic rings. The fraction of sp³-hybridized carbons (Fsp3) is 0.500. The summed E-state index contributed by atoms with van der Waals surface area (Å²) in [7, 11) is 0. The Kier molecular flexibility index (Phi) is 4.79. The molecule has 0 amide bonds. The van der Waals surface area contributed by atoms with Gasteiger partial charge in [-0.25, -0.2) is 0 Å². The summed E-state index contributed by atoms with van der Waals surface area (Å²) in [4.78, 5) is 0. The normalized spacial score (nSPS) is 23.3. The van der Waals surface area contributed by atoms with E-state index >= 15 is 0 Å². The van der Waals surface area contributed by atoms with Crippen molar-refractivity contribution in [3.05, 3.63) is 57.7 Å². The first-order valence-corrected chi connectivity index (χ1v) is 8.04. The van der Waals surface area contributed by atoms with Crippen molar-refractivity contribution in [1.29, 1.82) is 0 Å². The summed E-state index contributed by atoms with van der Waals surface area (Å²) in [5, 5.41) is 0. The van der Waals surface area contributed by atoms with Crippen LogP contribution >= 0.6 is 0 Å². The second-order valence-electron chi connectivity index (χ2n) is 6.83. The van der Waals surface area contributed by atoms with Crippen LogP contribution in [-0.4, -0.2) is 6.18 Å². The molecule has 126 valence electrons. The monoisotopic (exact) mass is 322 g/mol. The third kappa shape index (κ3) is 3.24. The Balaban J connectivity index is 2.58. The second kappa shape index (κ2) is 6.18. The highest BCUT2D eigenvalue weighted by molar-refractivity contribution is 5.43. The molecule has 0 nitrogen and oxygen atoms in total. The smallest absolute Gasteiger partial charge is 0.170 e. The number of alkyl halides is 3. The van der Waals surface area contributed by atoms with Crippen molar-refractivity contribution in [3.8, 4) is 0 Å². The van der Waals surface area contributed by atoms with E-state index in [4.69, 9.17) is 0 Å². The van der Waals surface area contributed by atoms with Crippen molar-refractivity contribution in [2.45, 2.75) is 53.6 Å². The Morgan fingerprint density at radius 2 is 1.57 bits per heavy atom. The van der Waals surface area contributed by atoms with Gasteiger partial charge in [-0.2, -0.15) is 13.2 Å². The first-order valence-electron chi connectivity index (χ1n) is 8.04. The predicted octanol–water partition coefficient (Wildman–Crippen LogP) is 6.42. The van der Waals surface area contributed by atoms with E-state index in [0.717, 1.165) is 27.8 Å². The van der Waals surface area contributed by atoms with E-state index in [1.807, 2.05) is 53.7 Å². The number of rotatable bonds is 2. The summed E-state index contributed by atoms with van der Waals surface area (Å²) in [6, 6.07) is 3.47. The van der Waals surface area contributed by atoms with E-state index in [1.54, 1.807) is 12.1 Å². The van der Waals surface area contributed by atoms with Crippen molar-refractivity contribution >= 4 is 0 Å². The third-order valence-corrected chi connectivity index (χ3v) is 5.62. The van der Waals surface area contributed by atoms with Crippen LogP contribution in [0.5, 0.6) is 0 Å². The minimum Gasteiger partial charge on any atom is -0.170 e. The van der Waals surface area contributed by atoms with E-state index < -0.39 is 18.0 Å². The molecule has 0 bridgehead atoms. The Morgan fingerprint density at radius 1 is 0.957 bits per heavy atom. The molecule has 0 radical (unpaired) electrons. The van der Waals surface area contributed by atoms with Crippen molar-refractivity contribution in [1.82, 2.24) is 0 Å². The van der Waals surface area contributed by atoms with E-state index in [0.29, 0.717) is 5.56 Å². The summed E-state index contributed by atoms with van der Waals surface area (Å²) in [6.45, 7) is 11.5. The lowest BCUT2D eigenvalue weighted by atomic mass is 9.71. The van der Waals surface area contributed by atoms with Gasteiger partial charge in [0.15, 0.2) is 0 Å². The molecule has 1 aliphatic carbocycles. The molecule has 3 atom stereocenters. The van der Waals surface area contributed by atoms with Crippen LogP contribution in [-0.2, 0) is 0 Å². The maximum absolute atomic E-state index is 14.0. The van der Waals surface area contributed by atoms with Crippen LogP contribution in [0.2, 0.25) is 0 Å². The Labute approximate surface area is 137 Å². The first-order chi connectivity index (χ1) is 10.6. The maximum Gasteiger partial charge on any atom is 0.396 e. The van der Waals surface area contributed by atoms with Gasteiger partial charge in [0.2, 0.25) is 0 Å². The zero-order valence-electron chi connectivity index (χ0n) is 14.7. The van der Waals surface area contributed by atoms with Crippen LogP contribution < -0.4 is 0 Å². The third-order valence-electron chi connectivity index (χ3n) is 5.62. The standard InChI is InChI=1S/C20H25F3/c1-11-7-9-17(15(5)13(11)3)19(20(21,22)23)18-10-8-12(2)14(4)16(18)6/h7-10,15,17,19H,1-6H3. The summed E-state index contributed by atoms with van der Waals surface area (Å²) >= 11 is 0. The molecular formula is C20H25F3. The summed E-state index contributed by atoms with van der Waals surface area (Å²) in [5.41, 5.74) is 5.28. The van der Waals surface area contributed by atoms with Crippen molar-refractivity contribution in [2.75, 3.05) is 0 Å². The van der Waals surface area contributed by atoms with Crippen LogP contribution in [0, 0.1) is 32.6 Å². The number of aryl methyl sites for hydroxylation is 1. The molecule has 0 aliphatic heterocycles. The number of hydrogen-bond donors (Lipinski definition) is 0. The Morgan fingerprint density at radius 3 is 2.13 bits per heavy atom. The molecule has 0 aromatic heterocycles. The molecule has 0 fully saturated rings. The summed E-state index contributed by atoms with van der Waals surface area (Å²) < 4.78 is 41.9. The van der Waals surface area contributed by atoms with Gasteiger partial charge in [-0.05, 0) is 68.7 Å². The first kappa shape index (κ1) is 17.8. The topological polar surface area (TPSA) is 0 Å². The van der Waals surface area contributed by atoms with Gasteiger partial charge in [-0.15, -0.1) is 0 Å². The van der Waals surface area contributed by atoms with E-state index in [9.17, 15) is 13.2 Å². The number of benzene rings is 1. The van der Waals surface area contributed by atoms with Gasteiger partial charge in [-0.1, -0.05) is 42.4 Å². The molecule has 3 unspecified atom stereocenters.